The summed E-state index contributed by atoms with van der Waals surface area (Å²) in [6.07, 6.45) is 1.39. The molecule has 42 valence electrons. The van der Waals surface area contributed by atoms with Crippen molar-refractivity contribution in [2.24, 2.45) is 0 Å². The molecular weight excluding hydrogens is 135 g/mol. The van der Waals surface area contributed by atoms with Gasteiger partial charge in [0.2, 0.25) is 0 Å². The maximum Gasteiger partial charge on any atom is 0.101 e. The monoisotopic (exact) mass is 140 g/mol. The van der Waals surface area contributed by atoms with E-state index < -0.39 is 0 Å². The molecule has 3 heteroatoms. The van der Waals surface area contributed by atoms with Crippen LogP contribution in [0.1, 0.15) is 0 Å². The normalized spacial score (nSPS) is 10.0. The molecule has 0 unspecified atom stereocenters. The molecule has 0 bridgehead atoms. The summed E-state index contributed by atoms with van der Waals surface area (Å²) in [4.78, 5) is 0. The maximum atomic E-state index is 5.24. The van der Waals surface area contributed by atoms with E-state index in [4.69, 9.17) is 23.2 Å². The quantitative estimate of drug-likeness (QED) is 0.331. The van der Waals surface area contributed by atoms with Crippen molar-refractivity contribution in [3.05, 3.63) is 11.8 Å². The molecule has 0 aromatic carbocycles. The van der Waals surface area contributed by atoms with Gasteiger partial charge in [-0.05, 0) is 0 Å². The highest BCUT2D eigenvalue weighted by molar-refractivity contribution is 6.25. The molecular formula is C4H6Cl2O. The molecule has 7 heavy (non-hydrogen) atoms. The number of hydrogen-bond acceptors (Lipinski definition) is 1. The average molecular weight is 141 g/mol. The molecule has 0 atom stereocenters. The van der Waals surface area contributed by atoms with Gasteiger partial charge in [0.1, 0.15) is 6.61 Å². The van der Waals surface area contributed by atoms with E-state index in [1.165, 1.54) is 11.8 Å². The maximum absolute atomic E-state index is 5.24. The van der Waals surface area contributed by atoms with Gasteiger partial charge >= 0.3 is 0 Å². The lowest BCUT2D eigenvalue weighted by Crippen LogP contribution is -1.85. The minimum Gasteiger partial charge on any atom is -0.499 e. The van der Waals surface area contributed by atoms with Crippen molar-refractivity contribution in [2.75, 3.05) is 12.5 Å². The lowest BCUT2D eigenvalue weighted by atomic mass is 10.9. The molecule has 0 saturated heterocycles. The number of ether oxygens (including phenoxy) is 1. The van der Waals surface area contributed by atoms with Crippen molar-refractivity contribution in [2.45, 2.75) is 0 Å². The van der Waals surface area contributed by atoms with E-state index >= 15 is 0 Å². The van der Waals surface area contributed by atoms with Crippen LogP contribution in [0.2, 0.25) is 0 Å². The van der Waals surface area contributed by atoms with E-state index in [1.807, 2.05) is 0 Å². The highest BCUT2D eigenvalue weighted by atomic mass is 35.5. The summed E-state index contributed by atoms with van der Waals surface area (Å²) >= 11 is 10.3. The minimum atomic E-state index is 0.501. The molecule has 0 aromatic heterocycles. The molecule has 0 N–H and O–H groups in total. The summed E-state index contributed by atoms with van der Waals surface area (Å²) < 4.78 is 4.69. The zero-order valence-corrected chi connectivity index (χ0v) is 5.24. The summed E-state index contributed by atoms with van der Waals surface area (Å²) in [5.41, 5.74) is 1.30. The lowest BCUT2D eigenvalue weighted by molar-refractivity contribution is 0.272. The number of halogens is 2. The zero-order valence-electron chi connectivity index (χ0n) is 3.73. The first-order valence-electron chi connectivity index (χ1n) is 1.84. The number of alkyl halides is 1. The predicted molar refractivity (Wildman–Crippen MR) is 31.7 cm³/mol. The van der Waals surface area contributed by atoms with Gasteiger partial charge in [-0.3, -0.25) is 0 Å². The molecule has 0 aromatic rings. The van der Waals surface area contributed by atoms with Gasteiger partial charge in [-0.25, -0.2) is 0 Å². The van der Waals surface area contributed by atoms with Crippen molar-refractivity contribution in [3.63, 3.8) is 0 Å². The highest BCUT2D eigenvalue weighted by Gasteiger charge is 1.72. The van der Waals surface area contributed by atoms with Crippen LogP contribution in [-0.4, -0.2) is 12.5 Å². The van der Waals surface area contributed by atoms with Crippen LogP contribution in [0.25, 0.3) is 0 Å². The molecule has 0 rings (SSSR count). The Morgan fingerprint density at radius 1 is 1.57 bits per heavy atom. The Morgan fingerprint density at radius 2 is 2.29 bits per heavy atom. The molecule has 0 amide bonds. The van der Waals surface area contributed by atoms with Gasteiger partial charge in [-0.15, -0.1) is 11.6 Å². The summed E-state index contributed by atoms with van der Waals surface area (Å²) in [7, 11) is 0. The smallest absolute Gasteiger partial charge is 0.101 e. The van der Waals surface area contributed by atoms with Gasteiger partial charge in [0.05, 0.1) is 12.1 Å². The van der Waals surface area contributed by atoms with E-state index in [1.54, 1.807) is 0 Å². The second-order valence-electron chi connectivity index (χ2n) is 0.822. The van der Waals surface area contributed by atoms with Crippen molar-refractivity contribution in [1.82, 2.24) is 0 Å². The predicted octanol–water partition coefficient (Wildman–Crippen LogP) is 1.95. The molecule has 1 nitrogen and oxygen atoms in total. The Labute approximate surface area is 52.9 Å². The van der Waals surface area contributed by atoms with E-state index in [-0.39, 0.29) is 0 Å². The van der Waals surface area contributed by atoms with Crippen LogP contribution in [0.3, 0.4) is 0 Å². The van der Waals surface area contributed by atoms with E-state index in [2.05, 4.69) is 4.74 Å². The van der Waals surface area contributed by atoms with Crippen molar-refractivity contribution in [3.8, 4) is 0 Å². The second-order valence-corrected chi connectivity index (χ2v) is 1.45. The van der Waals surface area contributed by atoms with Crippen molar-refractivity contribution >= 4 is 23.2 Å². The fraction of sp³-hybridized carbons (Fsp3) is 0.500. The summed E-state index contributed by atoms with van der Waals surface area (Å²) in [5, 5.41) is 0. The Morgan fingerprint density at radius 3 is 2.71 bits per heavy atom. The third-order valence-electron chi connectivity index (χ3n) is 0.343. The first kappa shape index (κ1) is 7.12. The summed E-state index contributed by atoms with van der Waals surface area (Å²) in [6, 6.07) is 0. The number of hydrogen-bond donors (Lipinski definition) is 0. The fourth-order valence-corrected chi connectivity index (χ4v) is 0.311. The van der Waals surface area contributed by atoms with Gasteiger partial charge in [0, 0.05) is 5.54 Å². The van der Waals surface area contributed by atoms with Crippen molar-refractivity contribution in [1.29, 1.82) is 0 Å². The Kier molecular flexibility index (Phi) is 6.22. The second kappa shape index (κ2) is 6.12. The highest BCUT2D eigenvalue weighted by Crippen LogP contribution is 1.82. The first-order chi connectivity index (χ1) is 3.41. The molecule has 0 radical (unpaired) electrons. The topological polar surface area (TPSA) is 9.23 Å². The Bertz CT molecular complexity index is 53.7. The third-order valence-corrected chi connectivity index (χ3v) is 0.600. The van der Waals surface area contributed by atoms with Gasteiger partial charge in [0.15, 0.2) is 0 Å². The third kappa shape index (κ3) is 6.12. The first-order valence-corrected chi connectivity index (χ1v) is 2.81. The van der Waals surface area contributed by atoms with Crippen LogP contribution in [0, 0.1) is 0 Å². The van der Waals surface area contributed by atoms with E-state index in [9.17, 15) is 0 Å². The Hall–Kier alpha value is 0.120. The van der Waals surface area contributed by atoms with Crippen LogP contribution >= 0.6 is 23.2 Å². The molecule has 0 aliphatic rings. The van der Waals surface area contributed by atoms with Gasteiger partial charge in [0.25, 0.3) is 0 Å². The fourth-order valence-electron chi connectivity index (χ4n) is 0.149. The van der Waals surface area contributed by atoms with E-state index in [0.29, 0.717) is 12.5 Å². The largest absolute Gasteiger partial charge is 0.499 e. The summed E-state index contributed by atoms with van der Waals surface area (Å²) in [5.74, 6) is 0.501. The van der Waals surface area contributed by atoms with Gasteiger partial charge < -0.3 is 4.74 Å². The standard InChI is InChI=1S/C4H6Cl2O/c5-1-3-7-4-2-6/h1,3H,2,4H2/b3-1+. The molecule has 0 heterocycles. The van der Waals surface area contributed by atoms with Gasteiger partial charge in [-0.1, -0.05) is 11.6 Å². The molecule has 0 aliphatic carbocycles. The van der Waals surface area contributed by atoms with Crippen LogP contribution < -0.4 is 0 Å². The van der Waals surface area contributed by atoms with Gasteiger partial charge in [-0.2, -0.15) is 0 Å². The van der Waals surface area contributed by atoms with Crippen LogP contribution in [0.15, 0.2) is 11.8 Å². The lowest BCUT2D eigenvalue weighted by Gasteiger charge is -1.90. The molecule has 0 fully saturated rings. The van der Waals surface area contributed by atoms with Crippen LogP contribution in [0.4, 0.5) is 0 Å². The SMILES string of the molecule is Cl/C=C/OCCCl. The zero-order chi connectivity index (χ0) is 5.54. The number of rotatable bonds is 3. The Balaban J connectivity index is 2.69. The van der Waals surface area contributed by atoms with Crippen LogP contribution in [-0.2, 0) is 4.74 Å². The molecule has 0 spiro atoms. The van der Waals surface area contributed by atoms with Crippen LogP contribution in [0.5, 0.6) is 0 Å². The minimum absolute atomic E-state index is 0.501. The molecule has 0 saturated carbocycles. The summed E-state index contributed by atoms with van der Waals surface area (Å²) in [6.45, 7) is 0.519. The average Bonchev–Trinajstić information content (AvgIpc) is 1.69. The van der Waals surface area contributed by atoms with Crippen molar-refractivity contribution < 1.29 is 4.74 Å². The molecule has 0 aliphatic heterocycles. The van der Waals surface area contributed by atoms with E-state index in [0.717, 1.165) is 0 Å².